The van der Waals surface area contributed by atoms with Gasteiger partial charge in [-0.2, -0.15) is 0 Å². The van der Waals surface area contributed by atoms with E-state index in [0.717, 1.165) is 0 Å². The summed E-state index contributed by atoms with van der Waals surface area (Å²) in [7, 11) is 0. The number of fused-ring (bicyclic) bond motifs is 1. The number of H-pyrrole nitrogens is 1. The van der Waals surface area contributed by atoms with Gasteiger partial charge in [0.1, 0.15) is 0 Å². The molecule has 1 heterocycles. The third kappa shape index (κ3) is 1.72. The lowest BCUT2D eigenvalue weighted by Gasteiger charge is -2.13. The van der Waals surface area contributed by atoms with Crippen molar-refractivity contribution in [1.29, 1.82) is 0 Å². The van der Waals surface area contributed by atoms with Crippen molar-refractivity contribution in [2.75, 3.05) is 5.32 Å². The molecule has 3 rings (SSSR count). The van der Waals surface area contributed by atoms with Crippen molar-refractivity contribution in [3.8, 4) is 0 Å². The van der Waals surface area contributed by atoms with Gasteiger partial charge in [-0.25, -0.2) is 0 Å². The SMILES string of the molecule is c1cc2cc(NC3CCCC3)ccc2[nH]1. The highest BCUT2D eigenvalue weighted by molar-refractivity contribution is 5.83. The molecule has 78 valence electrons. The molecule has 1 aromatic heterocycles. The second kappa shape index (κ2) is 3.61. The summed E-state index contributed by atoms with van der Waals surface area (Å²) >= 11 is 0. The van der Waals surface area contributed by atoms with Crippen molar-refractivity contribution in [2.24, 2.45) is 0 Å². The van der Waals surface area contributed by atoms with Gasteiger partial charge in [-0.1, -0.05) is 12.8 Å². The second-order valence-electron chi connectivity index (χ2n) is 4.41. The molecular weight excluding hydrogens is 184 g/mol. The average molecular weight is 200 g/mol. The smallest absolute Gasteiger partial charge is 0.0455 e. The molecule has 1 fully saturated rings. The zero-order valence-corrected chi connectivity index (χ0v) is 8.79. The molecule has 1 aliphatic carbocycles. The molecule has 0 atom stereocenters. The van der Waals surface area contributed by atoms with Crippen molar-refractivity contribution in [1.82, 2.24) is 4.98 Å². The number of benzene rings is 1. The molecule has 1 aliphatic rings. The van der Waals surface area contributed by atoms with E-state index in [9.17, 15) is 0 Å². The monoisotopic (exact) mass is 200 g/mol. The molecule has 15 heavy (non-hydrogen) atoms. The van der Waals surface area contributed by atoms with Gasteiger partial charge in [0.25, 0.3) is 0 Å². The Morgan fingerprint density at radius 1 is 1.13 bits per heavy atom. The summed E-state index contributed by atoms with van der Waals surface area (Å²) in [5.41, 5.74) is 2.47. The van der Waals surface area contributed by atoms with Crippen molar-refractivity contribution < 1.29 is 0 Å². The molecule has 0 radical (unpaired) electrons. The number of aromatic amines is 1. The fraction of sp³-hybridized carbons (Fsp3) is 0.385. The average Bonchev–Trinajstić information content (AvgIpc) is 2.87. The summed E-state index contributed by atoms with van der Waals surface area (Å²) in [6, 6.07) is 9.35. The van der Waals surface area contributed by atoms with E-state index >= 15 is 0 Å². The van der Waals surface area contributed by atoms with E-state index in [-0.39, 0.29) is 0 Å². The van der Waals surface area contributed by atoms with Crippen LogP contribution in [0.25, 0.3) is 10.9 Å². The van der Waals surface area contributed by atoms with Crippen LogP contribution in [0.5, 0.6) is 0 Å². The van der Waals surface area contributed by atoms with Crippen LogP contribution in [0.15, 0.2) is 30.5 Å². The van der Waals surface area contributed by atoms with Crippen LogP contribution in [0.4, 0.5) is 5.69 Å². The largest absolute Gasteiger partial charge is 0.382 e. The summed E-state index contributed by atoms with van der Waals surface area (Å²) in [5, 5.41) is 4.90. The van der Waals surface area contributed by atoms with Crippen molar-refractivity contribution in [3.05, 3.63) is 30.5 Å². The Morgan fingerprint density at radius 3 is 2.87 bits per heavy atom. The first kappa shape index (κ1) is 8.84. The minimum atomic E-state index is 0.696. The van der Waals surface area contributed by atoms with E-state index in [4.69, 9.17) is 0 Å². The molecule has 2 N–H and O–H groups in total. The molecule has 2 heteroatoms. The van der Waals surface area contributed by atoms with Gasteiger partial charge in [0.2, 0.25) is 0 Å². The first-order valence-electron chi connectivity index (χ1n) is 5.75. The van der Waals surface area contributed by atoms with E-state index in [2.05, 4.69) is 34.6 Å². The van der Waals surface area contributed by atoms with Crippen LogP contribution in [-0.2, 0) is 0 Å². The van der Waals surface area contributed by atoms with Gasteiger partial charge < -0.3 is 10.3 Å². The Morgan fingerprint density at radius 2 is 2.00 bits per heavy atom. The van der Waals surface area contributed by atoms with E-state index in [1.807, 2.05) is 6.20 Å². The van der Waals surface area contributed by atoms with Crippen LogP contribution in [0.3, 0.4) is 0 Å². The van der Waals surface area contributed by atoms with Crippen LogP contribution in [0.1, 0.15) is 25.7 Å². The first-order valence-corrected chi connectivity index (χ1v) is 5.75. The van der Waals surface area contributed by atoms with E-state index < -0.39 is 0 Å². The fourth-order valence-corrected chi connectivity index (χ4v) is 2.45. The molecule has 2 aromatic rings. The predicted octanol–water partition coefficient (Wildman–Crippen LogP) is 3.52. The molecule has 0 aliphatic heterocycles. The Hall–Kier alpha value is -1.44. The van der Waals surface area contributed by atoms with Gasteiger partial charge in [-0.3, -0.25) is 0 Å². The topological polar surface area (TPSA) is 27.8 Å². The van der Waals surface area contributed by atoms with Crippen molar-refractivity contribution >= 4 is 16.6 Å². The maximum absolute atomic E-state index is 3.61. The van der Waals surface area contributed by atoms with Gasteiger partial charge in [0.15, 0.2) is 0 Å². The Bertz CT molecular complexity index is 452. The molecule has 0 unspecified atom stereocenters. The van der Waals surface area contributed by atoms with Crippen molar-refractivity contribution in [3.63, 3.8) is 0 Å². The molecule has 0 amide bonds. The van der Waals surface area contributed by atoms with Gasteiger partial charge in [-0.15, -0.1) is 0 Å². The summed E-state index contributed by atoms with van der Waals surface area (Å²) in [6.07, 6.45) is 7.40. The van der Waals surface area contributed by atoms with Crippen molar-refractivity contribution in [2.45, 2.75) is 31.7 Å². The van der Waals surface area contributed by atoms with Crippen LogP contribution in [0, 0.1) is 0 Å². The number of anilines is 1. The number of hydrogen-bond acceptors (Lipinski definition) is 1. The molecule has 2 nitrogen and oxygen atoms in total. The third-order valence-corrected chi connectivity index (χ3v) is 3.28. The Balaban J connectivity index is 1.84. The normalized spacial score (nSPS) is 17.3. The highest BCUT2D eigenvalue weighted by atomic mass is 14.9. The maximum atomic E-state index is 3.61. The number of hydrogen-bond donors (Lipinski definition) is 2. The van der Waals surface area contributed by atoms with E-state index in [0.29, 0.717) is 6.04 Å². The van der Waals surface area contributed by atoms with Crippen LogP contribution >= 0.6 is 0 Å². The van der Waals surface area contributed by atoms with Gasteiger partial charge >= 0.3 is 0 Å². The molecule has 0 bridgehead atoms. The van der Waals surface area contributed by atoms with Crippen LogP contribution in [-0.4, -0.2) is 11.0 Å². The van der Waals surface area contributed by atoms with Gasteiger partial charge in [0.05, 0.1) is 0 Å². The van der Waals surface area contributed by atoms with E-state index in [1.54, 1.807) is 0 Å². The summed E-state index contributed by atoms with van der Waals surface area (Å²) in [5.74, 6) is 0. The lowest BCUT2D eigenvalue weighted by molar-refractivity contribution is 0.756. The lowest BCUT2D eigenvalue weighted by Crippen LogP contribution is -2.14. The number of aromatic nitrogens is 1. The highest BCUT2D eigenvalue weighted by Gasteiger charge is 2.14. The Kier molecular flexibility index (Phi) is 2.13. The quantitative estimate of drug-likeness (QED) is 0.762. The third-order valence-electron chi connectivity index (χ3n) is 3.28. The zero-order chi connectivity index (χ0) is 10.1. The maximum Gasteiger partial charge on any atom is 0.0455 e. The molecular formula is C13H16N2. The predicted molar refractivity (Wildman–Crippen MR) is 64.2 cm³/mol. The highest BCUT2D eigenvalue weighted by Crippen LogP contribution is 2.24. The lowest BCUT2D eigenvalue weighted by atomic mass is 10.2. The Labute approximate surface area is 89.7 Å². The molecule has 0 saturated heterocycles. The first-order chi connectivity index (χ1) is 7.42. The minimum absolute atomic E-state index is 0.696. The zero-order valence-electron chi connectivity index (χ0n) is 8.79. The van der Waals surface area contributed by atoms with Gasteiger partial charge in [0, 0.05) is 28.8 Å². The second-order valence-corrected chi connectivity index (χ2v) is 4.41. The van der Waals surface area contributed by atoms with E-state index in [1.165, 1.54) is 42.3 Å². The molecule has 1 saturated carbocycles. The number of rotatable bonds is 2. The standard InChI is InChI=1S/C13H16N2/c1-2-4-11(3-1)15-12-5-6-13-10(9-12)7-8-14-13/h5-9,11,14-15H,1-4H2. The van der Waals surface area contributed by atoms with Gasteiger partial charge in [-0.05, 0) is 37.1 Å². The summed E-state index contributed by atoms with van der Waals surface area (Å²) in [4.78, 5) is 3.21. The molecule has 0 spiro atoms. The fourth-order valence-electron chi connectivity index (χ4n) is 2.45. The summed E-state index contributed by atoms with van der Waals surface area (Å²) < 4.78 is 0. The minimum Gasteiger partial charge on any atom is -0.382 e. The molecule has 1 aromatic carbocycles. The number of nitrogens with one attached hydrogen (secondary N) is 2. The summed E-state index contributed by atoms with van der Waals surface area (Å²) in [6.45, 7) is 0. The van der Waals surface area contributed by atoms with Crippen LogP contribution < -0.4 is 5.32 Å². The van der Waals surface area contributed by atoms with Crippen LogP contribution in [0.2, 0.25) is 0 Å².